The Hall–Kier alpha value is -2.49. The van der Waals surface area contributed by atoms with E-state index in [1.807, 2.05) is 12.2 Å². The van der Waals surface area contributed by atoms with Crippen LogP contribution in [0.15, 0.2) is 49.8 Å². The number of anilines is 1. The van der Waals surface area contributed by atoms with Gasteiger partial charge < -0.3 is 14.5 Å². The van der Waals surface area contributed by atoms with Crippen molar-refractivity contribution in [2.45, 2.75) is 59.3 Å². The smallest absolute Gasteiger partial charge is 0.309 e. The first-order valence-corrected chi connectivity index (χ1v) is 12.1. The van der Waals surface area contributed by atoms with E-state index in [-0.39, 0.29) is 17.8 Å². The van der Waals surface area contributed by atoms with Gasteiger partial charge in [-0.15, -0.1) is 13.2 Å². The summed E-state index contributed by atoms with van der Waals surface area (Å²) in [6.45, 7) is 16.8. The van der Waals surface area contributed by atoms with Crippen LogP contribution in [0.2, 0.25) is 0 Å². The summed E-state index contributed by atoms with van der Waals surface area (Å²) in [5.74, 6) is 0.542. The Morgan fingerprint density at radius 2 is 1.75 bits per heavy atom. The Morgan fingerprint density at radius 3 is 2.44 bits per heavy atom. The quantitative estimate of drug-likeness (QED) is 0.232. The minimum absolute atomic E-state index is 0.0406. The van der Waals surface area contributed by atoms with Gasteiger partial charge in [-0.1, -0.05) is 36.3 Å². The molecule has 0 bridgehead atoms. The summed E-state index contributed by atoms with van der Waals surface area (Å²) in [6, 6.07) is 4.52. The van der Waals surface area contributed by atoms with Crippen LogP contribution < -0.4 is 4.90 Å². The second-order valence-corrected chi connectivity index (χ2v) is 9.52. The van der Waals surface area contributed by atoms with Crippen molar-refractivity contribution in [3.05, 3.63) is 66.5 Å². The summed E-state index contributed by atoms with van der Waals surface area (Å²) >= 11 is 0. The first-order chi connectivity index (χ1) is 15.4. The maximum absolute atomic E-state index is 12.4. The number of carbonyl (C=O) groups excluding carboxylic acids is 1. The van der Waals surface area contributed by atoms with Gasteiger partial charge in [0.25, 0.3) is 0 Å². The van der Waals surface area contributed by atoms with Crippen molar-refractivity contribution >= 4 is 11.7 Å². The number of allylic oxidation sites excluding steroid dienone is 2. The topological polar surface area (TPSA) is 32.8 Å². The van der Waals surface area contributed by atoms with Crippen molar-refractivity contribution in [3.63, 3.8) is 0 Å². The summed E-state index contributed by atoms with van der Waals surface area (Å²) in [6.07, 6.45) is 14.4. The summed E-state index contributed by atoms with van der Waals surface area (Å²) in [5, 5.41) is 0. The fourth-order valence-corrected chi connectivity index (χ4v) is 5.27. The molecule has 1 aromatic carbocycles. The molecule has 1 aliphatic heterocycles. The molecule has 0 saturated heterocycles. The summed E-state index contributed by atoms with van der Waals surface area (Å²) in [7, 11) is 0. The third-order valence-electron chi connectivity index (χ3n) is 6.89. The van der Waals surface area contributed by atoms with Gasteiger partial charge in [-0.3, -0.25) is 4.79 Å². The lowest BCUT2D eigenvalue weighted by atomic mass is 9.96. The molecule has 1 fully saturated rings. The van der Waals surface area contributed by atoms with E-state index >= 15 is 0 Å². The van der Waals surface area contributed by atoms with Gasteiger partial charge >= 0.3 is 5.97 Å². The minimum atomic E-state index is -0.0526. The van der Waals surface area contributed by atoms with Crippen molar-refractivity contribution in [3.8, 4) is 0 Å². The zero-order valence-electron chi connectivity index (χ0n) is 20.2. The number of unbranched alkanes of at least 4 members (excludes halogenated alkanes) is 3. The molecule has 4 heteroatoms. The number of nitrogens with zero attached hydrogens (tertiary/aromatic N) is 2. The van der Waals surface area contributed by atoms with Gasteiger partial charge in [-0.2, -0.15) is 0 Å². The Kier molecular flexibility index (Phi) is 8.60. The lowest BCUT2D eigenvalue weighted by molar-refractivity contribution is -0.149. The lowest BCUT2D eigenvalue weighted by Gasteiger charge is -2.24. The number of hydrogen-bond donors (Lipinski definition) is 0. The van der Waals surface area contributed by atoms with E-state index in [2.05, 4.69) is 68.3 Å². The largest absolute Gasteiger partial charge is 0.465 e. The third-order valence-corrected chi connectivity index (χ3v) is 6.89. The standard InChI is InChI=1S/C28H40N2O2/c1-6-24-18-25(7-2)26(19-24)28(31)32-15-11-9-8-10-12-29-13-14-30(20-29)27-22(4)16-21(3)17-23(27)5/h6-7,13-14,16-17,24-26H,1-2,8-12,15,18-20H2,3-5H3. The van der Waals surface area contributed by atoms with E-state index in [4.69, 9.17) is 4.74 Å². The number of carbonyl (C=O) groups is 1. The molecule has 1 aliphatic carbocycles. The van der Waals surface area contributed by atoms with Crippen LogP contribution >= 0.6 is 0 Å². The average molecular weight is 437 g/mol. The SMILES string of the molecule is C=CC1CC(C=C)C(C(=O)OCCCCCCN2C=CN(c3c(C)cc(C)cc3C)C2)C1. The van der Waals surface area contributed by atoms with Gasteiger partial charge in [0.1, 0.15) is 0 Å². The molecule has 0 spiro atoms. The van der Waals surface area contributed by atoms with Crippen LogP contribution in [-0.4, -0.2) is 30.7 Å². The normalized spacial score (nSPS) is 22.4. The molecule has 0 N–H and O–H groups in total. The first-order valence-electron chi connectivity index (χ1n) is 12.1. The van der Waals surface area contributed by atoms with Crippen LogP contribution in [0.25, 0.3) is 0 Å². The van der Waals surface area contributed by atoms with Crippen LogP contribution in [0.5, 0.6) is 0 Å². The first kappa shape index (κ1) is 24.2. The van der Waals surface area contributed by atoms with Crippen molar-refractivity contribution in [1.29, 1.82) is 0 Å². The number of hydrogen-bond acceptors (Lipinski definition) is 4. The highest BCUT2D eigenvalue weighted by atomic mass is 16.5. The van der Waals surface area contributed by atoms with Gasteiger partial charge in [0, 0.05) is 24.6 Å². The molecule has 3 unspecified atom stereocenters. The van der Waals surface area contributed by atoms with Crippen molar-refractivity contribution in [2.24, 2.45) is 17.8 Å². The van der Waals surface area contributed by atoms with Gasteiger partial charge in [-0.25, -0.2) is 0 Å². The van der Waals surface area contributed by atoms with Crippen molar-refractivity contribution in [1.82, 2.24) is 4.90 Å². The van der Waals surface area contributed by atoms with E-state index in [9.17, 15) is 4.79 Å². The maximum Gasteiger partial charge on any atom is 0.309 e. The summed E-state index contributed by atoms with van der Waals surface area (Å²) < 4.78 is 5.58. The molecule has 3 atom stereocenters. The molecule has 3 rings (SSSR count). The lowest BCUT2D eigenvalue weighted by Crippen LogP contribution is -2.26. The highest BCUT2D eigenvalue weighted by Gasteiger charge is 2.36. The van der Waals surface area contributed by atoms with E-state index in [1.165, 1.54) is 22.4 Å². The predicted molar refractivity (Wildman–Crippen MR) is 133 cm³/mol. The number of aryl methyl sites for hydroxylation is 3. The van der Waals surface area contributed by atoms with E-state index < -0.39 is 0 Å². The molecule has 174 valence electrons. The number of esters is 1. The Morgan fingerprint density at radius 1 is 1.03 bits per heavy atom. The summed E-state index contributed by atoms with van der Waals surface area (Å²) in [4.78, 5) is 17.2. The van der Waals surface area contributed by atoms with E-state index in [0.29, 0.717) is 12.5 Å². The van der Waals surface area contributed by atoms with Crippen LogP contribution in [0.3, 0.4) is 0 Å². The summed E-state index contributed by atoms with van der Waals surface area (Å²) in [5.41, 5.74) is 5.32. The monoisotopic (exact) mass is 436 g/mol. The Bertz CT molecular complexity index is 821. The minimum Gasteiger partial charge on any atom is -0.465 e. The zero-order valence-corrected chi connectivity index (χ0v) is 20.2. The van der Waals surface area contributed by atoms with Gasteiger partial charge in [0.15, 0.2) is 0 Å². The fourth-order valence-electron chi connectivity index (χ4n) is 5.27. The van der Waals surface area contributed by atoms with Crippen molar-refractivity contribution < 1.29 is 9.53 Å². The van der Waals surface area contributed by atoms with Gasteiger partial charge in [0.05, 0.1) is 19.2 Å². The second kappa shape index (κ2) is 11.4. The average Bonchev–Trinajstić information content (AvgIpc) is 3.39. The molecule has 0 amide bonds. The number of rotatable bonds is 11. The molecule has 0 radical (unpaired) electrons. The molecule has 0 aromatic heterocycles. The zero-order chi connectivity index (χ0) is 23.1. The fraction of sp³-hybridized carbons (Fsp3) is 0.536. The van der Waals surface area contributed by atoms with Crippen LogP contribution in [0, 0.1) is 38.5 Å². The number of ether oxygens (including phenoxy) is 1. The molecule has 4 nitrogen and oxygen atoms in total. The number of benzene rings is 1. The molecule has 1 aromatic rings. The molecular formula is C28H40N2O2. The van der Waals surface area contributed by atoms with Crippen LogP contribution in [-0.2, 0) is 9.53 Å². The highest BCUT2D eigenvalue weighted by Crippen LogP contribution is 2.38. The third kappa shape index (κ3) is 6.05. The molecule has 1 heterocycles. The van der Waals surface area contributed by atoms with Crippen LogP contribution in [0.4, 0.5) is 5.69 Å². The highest BCUT2D eigenvalue weighted by molar-refractivity contribution is 5.73. The Labute approximate surface area is 194 Å². The van der Waals surface area contributed by atoms with Gasteiger partial charge in [0.2, 0.25) is 0 Å². The Balaban J connectivity index is 1.29. The molecule has 1 saturated carbocycles. The van der Waals surface area contributed by atoms with Gasteiger partial charge in [-0.05, 0) is 75.8 Å². The van der Waals surface area contributed by atoms with Crippen LogP contribution in [0.1, 0.15) is 55.2 Å². The molecular weight excluding hydrogens is 396 g/mol. The molecule has 32 heavy (non-hydrogen) atoms. The molecule has 2 aliphatic rings. The van der Waals surface area contributed by atoms with E-state index in [0.717, 1.165) is 51.7 Å². The van der Waals surface area contributed by atoms with Crippen molar-refractivity contribution in [2.75, 3.05) is 24.7 Å². The predicted octanol–water partition coefficient (Wildman–Crippen LogP) is 6.28. The second-order valence-electron chi connectivity index (χ2n) is 9.52. The van der Waals surface area contributed by atoms with E-state index in [1.54, 1.807) is 0 Å². The maximum atomic E-state index is 12.4.